The van der Waals surface area contributed by atoms with Gasteiger partial charge in [0.25, 0.3) is 0 Å². The number of aromatic hydroxyl groups is 1. The molecular formula is C11H10N2O5. The van der Waals surface area contributed by atoms with Gasteiger partial charge in [0.05, 0.1) is 35.2 Å². The summed E-state index contributed by atoms with van der Waals surface area (Å²) in [4.78, 5) is 14.0. The number of fused-ring (bicyclic) bond motifs is 1. The van der Waals surface area contributed by atoms with Gasteiger partial charge in [0.2, 0.25) is 5.75 Å². The molecule has 1 heterocycles. The average Bonchev–Trinajstić information content (AvgIpc) is 2.36. The molecule has 0 spiro atoms. The number of aliphatic hydroxyl groups is 2. The van der Waals surface area contributed by atoms with Gasteiger partial charge in [-0.25, -0.2) is 0 Å². The molecule has 0 aliphatic rings. The summed E-state index contributed by atoms with van der Waals surface area (Å²) >= 11 is 0. The molecule has 0 bridgehead atoms. The van der Waals surface area contributed by atoms with Crippen LogP contribution in [0.2, 0.25) is 0 Å². The van der Waals surface area contributed by atoms with Crippen molar-refractivity contribution in [3.05, 3.63) is 39.6 Å². The zero-order valence-corrected chi connectivity index (χ0v) is 9.20. The molecule has 0 amide bonds. The number of aromatic nitrogens is 1. The van der Waals surface area contributed by atoms with Gasteiger partial charge in [-0.3, -0.25) is 15.1 Å². The molecule has 0 radical (unpaired) electrons. The fraction of sp³-hybridized carbons (Fsp3) is 0.182. The quantitative estimate of drug-likeness (QED) is 0.548. The van der Waals surface area contributed by atoms with Crippen LogP contribution in [0.5, 0.6) is 5.75 Å². The summed E-state index contributed by atoms with van der Waals surface area (Å²) in [5, 5.41) is 38.7. The van der Waals surface area contributed by atoms with E-state index in [4.69, 9.17) is 10.2 Å². The second-order valence-electron chi connectivity index (χ2n) is 3.70. The normalized spacial score (nSPS) is 10.8. The molecular weight excluding hydrogens is 240 g/mol. The van der Waals surface area contributed by atoms with E-state index in [1.54, 1.807) is 0 Å². The average molecular weight is 250 g/mol. The second kappa shape index (κ2) is 4.55. The molecule has 7 heteroatoms. The fourth-order valence-corrected chi connectivity index (χ4v) is 1.79. The van der Waals surface area contributed by atoms with Crippen molar-refractivity contribution in [3.8, 4) is 5.75 Å². The van der Waals surface area contributed by atoms with Crippen molar-refractivity contribution in [1.29, 1.82) is 0 Å². The Morgan fingerprint density at radius 2 is 1.83 bits per heavy atom. The molecule has 0 unspecified atom stereocenters. The van der Waals surface area contributed by atoms with Crippen LogP contribution in [0.15, 0.2) is 18.3 Å². The van der Waals surface area contributed by atoms with Crippen LogP contribution >= 0.6 is 0 Å². The highest BCUT2D eigenvalue weighted by atomic mass is 16.6. The summed E-state index contributed by atoms with van der Waals surface area (Å²) in [6, 6.07) is 2.80. The van der Waals surface area contributed by atoms with Crippen LogP contribution < -0.4 is 0 Å². The molecule has 0 saturated heterocycles. The van der Waals surface area contributed by atoms with E-state index in [0.29, 0.717) is 11.1 Å². The van der Waals surface area contributed by atoms with Crippen LogP contribution in [0.1, 0.15) is 11.1 Å². The number of hydrogen-bond donors (Lipinski definition) is 3. The van der Waals surface area contributed by atoms with Gasteiger partial charge in [-0.2, -0.15) is 0 Å². The van der Waals surface area contributed by atoms with Crippen LogP contribution in [-0.2, 0) is 13.2 Å². The lowest BCUT2D eigenvalue weighted by Gasteiger charge is -2.07. The molecule has 3 N–H and O–H groups in total. The Balaban J connectivity index is 2.84. The SMILES string of the molecule is O=[N+]([O-])c1c(O)cnc2cc(CO)c(CO)cc12. The number of benzene rings is 1. The zero-order valence-electron chi connectivity index (χ0n) is 9.20. The molecule has 1 aromatic heterocycles. The molecule has 0 atom stereocenters. The Bertz CT molecular complexity index is 626. The summed E-state index contributed by atoms with van der Waals surface area (Å²) in [6.07, 6.45) is 0.986. The van der Waals surface area contributed by atoms with Gasteiger partial charge >= 0.3 is 5.69 Å². The molecule has 0 fully saturated rings. The Kier molecular flexibility index (Phi) is 3.09. The molecule has 0 saturated carbocycles. The third-order valence-corrected chi connectivity index (χ3v) is 2.66. The topological polar surface area (TPSA) is 117 Å². The Morgan fingerprint density at radius 3 is 2.39 bits per heavy atom. The molecule has 94 valence electrons. The van der Waals surface area contributed by atoms with Crippen LogP contribution in [0.25, 0.3) is 10.9 Å². The van der Waals surface area contributed by atoms with Gasteiger partial charge in [-0.1, -0.05) is 0 Å². The monoisotopic (exact) mass is 250 g/mol. The van der Waals surface area contributed by atoms with Gasteiger partial charge in [0.1, 0.15) is 0 Å². The Hall–Kier alpha value is -2.25. The van der Waals surface area contributed by atoms with E-state index >= 15 is 0 Å². The smallest absolute Gasteiger partial charge is 0.321 e. The summed E-state index contributed by atoms with van der Waals surface area (Å²) < 4.78 is 0. The zero-order chi connectivity index (χ0) is 13.3. The first-order valence-electron chi connectivity index (χ1n) is 5.08. The van der Waals surface area contributed by atoms with Gasteiger partial charge in [0.15, 0.2) is 0 Å². The molecule has 2 aromatic rings. The van der Waals surface area contributed by atoms with Crippen LogP contribution in [-0.4, -0.2) is 25.2 Å². The fourth-order valence-electron chi connectivity index (χ4n) is 1.79. The minimum Gasteiger partial charge on any atom is -0.501 e. The number of hydrogen-bond acceptors (Lipinski definition) is 6. The van der Waals surface area contributed by atoms with Crippen molar-refractivity contribution in [2.45, 2.75) is 13.2 Å². The van der Waals surface area contributed by atoms with Crippen LogP contribution in [0.4, 0.5) is 5.69 Å². The molecule has 7 nitrogen and oxygen atoms in total. The van der Waals surface area contributed by atoms with Crippen molar-refractivity contribution in [1.82, 2.24) is 4.98 Å². The van der Waals surface area contributed by atoms with Crippen molar-refractivity contribution in [2.24, 2.45) is 0 Å². The first kappa shape index (κ1) is 12.2. The number of rotatable bonds is 3. The summed E-state index contributed by atoms with van der Waals surface area (Å²) in [7, 11) is 0. The molecule has 1 aromatic carbocycles. The van der Waals surface area contributed by atoms with E-state index in [1.165, 1.54) is 12.1 Å². The van der Waals surface area contributed by atoms with E-state index in [9.17, 15) is 15.2 Å². The van der Waals surface area contributed by atoms with Crippen molar-refractivity contribution >= 4 is 16.6 Å². The highest BCUT2D eigenvalue weighted by molar-refractivity contribution is 5.91. The largest absolute Gasteiger partial charge is 0.501 e. The Morgan fingerprint density at radius 1 is 1.22 bits per heavy atom. The molecule has 0 aliphatic heterocycles. The van der Waals surface area contributed by atoms with Crippen molar-refractivity contribution in [3.63, 3.8) is 0 Å². The van der Waals surface area contributed by atoms with Gasteiger partial charge in [-0.05, 0) is 23.3 Å². The predicted molar refractivity (Wildman–Crippen MR) is 61.9 cm³/mol. The molecule has 0 aliphatic carbocycles. The van der Waals surface area contributed by atoms with Crippen LogP contribution in [0, 0.1) is 10.1 Å². The Labute approximate surface area is 101 Å². The molecule has 2 rings (SSSR count). The predicted octanol–water partition coefficient (Wildman–Crippen LogP) is 0.833. The van der Waals surface area contributed by atoms with Crippen molar-refractivity contribution in [2.75, 3.05) is 0 Å². The number of aliphatic hydroxyl groups excluding tert-OH is 2. The second-order valence-corrected chi connectivity index (χ2v) is 3.70. The lowest BCUT2D eigenvalue weighted by Crippen LogP contribution is -1.98. The minimum atomic E-state index is -0.709. The number of pyridine rings is 1. The van der Waals surface area contributed by atoms with Gasteiger partial charge in [0, 0.05) is 0 Å². The lowest BCUT2D eigenvalue weighted by molar-refractivity contribution is -0.384. The van der Waals surface area contributed by atoms with Crippen molar-refractivity contribution < 1.29 is 20.2 Å². The highest BCUT2D eigenvalue weighted by Crippen LogP contribution is 2.34. The third kappa shape index (κ3) is 1.85. The first-order chi connectivity index (χ1) is 8.58. The van der Waals surface area contributed by atoms with E-state index < -0.39 is 16.4 Å². The van der Waals surface area contributed by atoms with Gasteiger partial charge in [-0.15, -0.1) is 0 Å². The molecule has 18 heavy (non-hydrogen) atoms. The van der Waals surface area contributed by atoms with E-state index in [-0.39, 0.29) is 24.1 Å². The maximum absolute atomic E-state index is 10.9. The summed E-state index contributed by atoms with van der Waals surface area (Å²) in [5.74, 6) is -0.534. The van der Waals surface area contributed by atoms with E-state index in [1.807, 2.05) is 0 Å². The van der Waals surface area contributed by atoms with Gasteiger partial charge < -0.3 is 15.3 Å². The summed E-state index contributed by atoms with van der Waals surface area (Å²) in [5.41, 5.74) is 0.623. The maximum atomic E-state index is 10.9. The lowest BCUT2D eigenvalue weighted by atomic mass is 10.0. The summed E-state index contributed by atoms with van der Waals surface area (Å²) in [6.45, 7) is -0.666. The number of nitrogens with zero attached hydrogens (tertiary/aromatic N) is 2. The number of nitro groups is 1. The van der Waals surface area contributed by atoms with Crippen LogP contribution in [0.3, 0.4) is 0 Å². The first-order valence-corrected chi connectivity index (χ1v) is 5.08. The van der Waals surface area contributed by atoms with E-state index in [0.717, 1.165) is 6.20 Å². The van der Waals surface area contributed by atoms with E-state index in [2.05, 4.69) is 4.98 Å². The minimum absolute atomic E-state index is 0.126. The maximum Gasteiger partial charge on any atom is 0.321 e. The third-order valence-electron chi connectivity index (χ3n) is 2.66. The standard InChI is InChI=1S/C11H10N2O5/c14-4-6-1-8-9(2-7(6)5-15)12-3-10(16)11(8)13(17)18/h1-3,14-16H,4-5H2. The highest BCUT2D eigenvalue weighted by Gasteiger charge is 2.20.